The Bertz CT molecular complexity index is 897. The van der Waals surface area contributed by atoms with Crippen LogP contribution in [0.2, 0.25) is 0 Å². The number of fused-ring (bicyclic) bond motifs is 4. The van der Waals surface area contributed by atoms with Crippen molar-refractivity contribution in [1.82, 2.24) is 15.1 Å². The van der Waals surface area contributed by atoms with Gasteiger partial charge in [0.15, 0.2) is 5.82 Å². The number of carbonyl (C=O) groups excluding carboxylic acids is 1. The van der Waals surface area contributed by atoms with E-state index in [4.69, 9.17) is 0 Å². The van der Waals surface area contributed by atoms with Gasteiger partial charge in [-0.25, -0.2) is 0 Å². The van der Waals surface area contributed by atoms with Gasteiger partial charge in [-0.05, 0) is 62.0 Å². The summed E-state index contributed by atoms with van der Waals surface area (Å²) in [5, 5.41) is 9.15. The predicted molar refractivity (Wildman–Crippen MR) is 124 cm³/mol. The van der Waals surface area contributed by atoms with Gasteiger partial charge < -0.3 is 9.80 Å². The van der Waals surface area contributed by atoms with E-state index in [0.29, 0.717) is 35.7 Å². The lowest BCUT2D eigenvalue weighted by Crippen LogP contribution is -2.65. The highest BCUT2D eigenvalue weighted by molar-refractivity contribution is 5.78. The third-order valence-corrected chi connectivity index (χ3v) is 7.58. The minimum absolute atomic E-state index is 0.385. The van der Waals surface area contributed by atoms with Crippen LogP contribution in [0.4, 0.5) is 5.82 Å². The van der Waals surface area contributed by atoms with Crippen LogP contribution in [0.25, 0.3) is 11.3 Å². The van der Waals surface area contributed by atoms with E-state index in [0.717, 1.165) is 55.8 Å². The number of hydrogen-bond acceptors (Lipinski definition) is 4. The van der Waals surface area contributed by atoms with Crippen molar-refractivity contribution in [1.29, 1.82) is 0 Å². The Morgan fingerprint density at radius 3 is 2.58 bits per heavy atom. The molecule has 0 N–H and O–H groups in total. The Kier molecular flexibility index (Phi) is 5.68. The first kappa shape index (κ1) is 20.5. The van der Waals surface area contributed by atoms with Crippen LogP contribution >= 0.6 is 0 Å². The molecular formula is C26H34N4O. The fraction of sp³-hybridized carbons (Fsp3) is 0.577. The molecule has 3 aliphatic rings. The van der Waals surface area contributed by atoms with Crippen LogP contribution in [0.1, 0.15) is 52.4 Å². The number of benzene rings is 1. The van der Waals surface area contributed by atoms with E-state index >= 15 is 0 Å². The average molecular weight is 419 g/mol. The maximum Gasteiger partial charge on any atom is 0.223 e. The monoisotopic (exact) mass is 418 g/mol. The highest BCUT2D eigenvalue weighted by Crippen LogP contribution is 2.43. The van der Waals surface area contributed by atoms with Gasteiger partial charge in [-0.15, -0.1) is 10.2 Å². The zero-order chi connectivity index (χ0) is 21.4. The Morgan fingerprint density at radius 1 is 1.03 bits per heavy atom. The molecule has 0 unspecified atom stereocenters. The third kappa shape index (κ3) is 4.07. The molecule has 4 atom stereocenters. The molecule has 2 bridgehead atoms. The zero-order valence-corrected chi connectivity index (χ0v) is 18.8. The van der Waals surface area contributed by atoms with Crippen LogP contribution < -0.4 is 4.90 Å². The smallest absolute Gasteiger partial charge is 0.223 e. The van der Waals surface area contributed by atoms with Crippen molar-refractivity contribution in [3.63, 3.8) is 0 Å². The maximum atomic E-state index is 12.9. The van der Waals surface area contributed by atoms with Crippen molar-refractivity contribution in [2.24, 2.45) is 17.8 Å². The lowest BCUT2D eigenvalue weighted by molar-refractivity contribution is -0.149. The van der Waals surface area contributed by atoms with Crippen LogP contribution in [0.3, 0.4) is 0 Å². The van der Waals surface area contributed by atoms with E-state index in [2.05, 4.69) is 58.1 Å². The van der Waals surface area contributed by atoms with Crippen molar-refractivity contribution in [2.75, 3.05) is 18.0 Å². The number of anilines is 1. The van der Waals surface area contributed by atoms with Crippen LogP contribution in [0.5, 0.6) is 0 Å². The van der Waals surface area contributed by atoms with Crippen LogP contribution in [0.15, 0.2) is 42.5 Å². The number of rotatable bonds is 5. The van der Waals surface area contributed by atoms with Gasteiger partial charge in [0.25, 0.3) is 0 Å². The first-order valence-electron chi connectivity index (χ1n) is 12.1. The summed E-state index contributed by atoms with van der Waals surface area (Å²) in [6, 6.07) is 15.2. The minimum atomic E-state index is 0.385. The molecule has 5 rings (SSSR count). The minimum Gasteiger partial charge on any atom is -0.354 e. The molecule has 5 nitrogen and oxygen atoms in total. The summed E-state index contributed by atoms with van der Waals surface area (Å²) < 4.78 is 0. The second-order valence-corrected chi connectivity index (χ2v) is 10.1. The van der Waals surface area contributed by atoms with Gasteiger partial charge in [-0.2, -0.15) is 0 Å². The van der Waals surface area contributed by atoms with E-state index in [9.17, 15) is 4.79 Å². The molecule has 2 aromatic rings. The highest BCUT2D eigenvalue weighted by atomic mass is 16.2. The van der Waals surface area contributed by atoms with Crippen molar-refractivity contribution in [3.8, 4) is 11.3 Å². The van der Waals surface area contributed by atoms with Crippen LogP contribution in [-0.4, -0.2) is 46.2 Å². The predicted octanol–water partition coefficient (Wildman–Crippen LogP) is 4.79. The van der Waals surface area contributed by atoms with Crippen molar-refractivity contribution < 1.29 is 4.79 Å². The highest BCUT2D eigenvalue weighted by Gasteiger charge is 2.49. The molecule has 3 saturated heterocycles. The lowest BCUT2D eigenvalue weighted by atomic mass is 9.71. The molecule has 31 heavy (non-hydrogen) atoms. The molecule has 5 heteroatoms. The summed E-state index contributed by atoms with van der Waals surface area (Å²) in [7, 11) is 0. The van der Waals surface area contributed by atoms with E-state index in [-0.39, 0.29) is 0 Å². The maximum absolute atomic E-state index is 12.9. The summed E-state index contributed by atoms with van der Waals surface area (Å²) in [6.45, 7) is 6.55. The van der Waals surface area contributed by atoms with E-state index < -0.39 is 0 Å². The Morgan fingerprint density at radius 2 is 1.84 bits per heavy atom. The van der Waals surface area contributed by atoms with Crippen LogP contribution in [-0.2, 0) is 4.79 Å². The van der Waals surface area contributed by atoms with Crippen LogP contribution in [0, 0.1) is 17.8 Å². The molecule has 3 aliphatic heterocycles. The number of piperidine rings is 3. The molecule has 1 aromatic heterocycles. The van der Waals surface area contributed by atoms with Gasteiger partial charge in [-0.3, -0.25) is 4.79 Å². The molecule has 1 amide bonds. The molecule has 0 radical (unpaired) electrons. The first-order valence-corrected chi connectivity index (χ1v) is 12.1. The number of carbonyl (C=O) groups is 1. The van der Waals surface area contributed by atoms with E-state index in [1.54, 1.807) is 0 Å². The SMILES string of the molecule is CC(C)CC[C@H]1[C@H]2C[C@H](CN(c3ccc(-c4ccccc4)nn3)C2)[C@@H]2CCCC(=O)N21. The number of hydrogen-bond donors (Lipinski definition) is 0. The van der Waals surface area contributed by atoms with Crippen molar-refractivity contribution in [3.05, 3.63) is 42.5 Å². The molecule has 0 aliphatic carbocycles. The van der Waals surface area contributed by atoms with Crippen molar-refractivity contribution >= 4 is 11.7 Å². The Labute approximate surface area is 185 Å². The lowest BCUT2D eigenvalue weighted by Gasteiger charge is -2.57. The standard InChI is InChI=1S/C26H34N4O/c1-18(2)11-13-24-21-15-20(23-9-6-10-26(31)30(23)24)16-29(17-21)25-14-12-22(27-28-25)19-7-4-3-5-8-19/h3-5,7-8,12,14,18,20-21,23-24H,6,9-11,13,15-17H2,1-2H3/t20-,21+,23+,24+/m1/s1. The van der Waals surface area contributed by atoms with Gasteiger partial charge >= 0.3 is 0 Å². The number of nitrogens with zero attached hydrogens (tertiary/aromatic N) is 4. The van der Waals surface area contributed by atoms with Gasteiger partial charge in [0.05, 0.1) is 5.69 Å². The topological polar surface area (TPSA) is 49.3 Å². The molecule has 0 saturated carbocycles. The molecular weight excluding hydrogens is 384 g/mol. The van der Waals surface area contributed by atoms with Gasteiger partial charge in [0, 0.05) is 37.2 Å². The summed E-state index contributed by atoms with van der Waals surface area (Å²) >= 11 is 0. The van der Waals surface area contributed by atoms with E-state index in [1.165, 1.54) is 12.8 Å². The summed E-state index contributed by atoms with van der Waals surface area (Å²) in [4.78, 5) is 17.7. The molecule has 1 aromatic carbocycles. The summed E-state index contributed by atoms with van der Waals surface area (Å²) in [6.07, 6.45) is 6.52. The van der Waals surface area contributed by atoms with Gasteiger partial charge in [-0.1, -0.05) is 44.2 Å². The quantitative estimate of drug-likeness (QED) is 0.701. The second-order valence-electron chi connectivity index (χ2n) is 10.1. The summed E-state index contributed by atoms with van der Waals surface area (Å²) in [5.41, 5.74) is 2.02. The third-order valence-electron chi connectivity index (χ3n) is 7.58. The fourth-order valence-electron chi connectivity index (χ4n) is 6.10. The first-order chi connectivity index (χ1) is 15.1. The van der Waals surface area contributed by atoms with Gasteiger partial charge in [0.2, 0.25) is 5.91 Å². The molecule has 3 fully saturated rings. The Balaban J connectivity index is 1.38. The summed E-state index contributed by atoms with van der Waals surface area (Å²) in [5.74, 6) is 3.14. The van der Waals surface area contributed by atoms with E-state index in [1.807, 2.05) is 18.2 Å². The number of amides is 1. The second kappa shape index (κ2) is 8.60. The molecule has 164 valence electrons. The Hall–Kier alpha value is -2.43. The van der Waals surface area contributed by atoms with Gasteiger partial charge in [0.1, 0.15) is 0 Å². The molecule has 0 spiro atoms. The van der Waals surface area contributed by atoms with Crippen molar-refractivity contribution in [2.45, 2.75) is 64.5 Å². The average Bonchev–Trinajstić information content (AvgIpc) is 2.80. The number of aromatic nitrogens is 2. The largest absolute Gasteiger partial charge is 0.354 e. The fourth-order valence-corrected chi connectivity index (χ4v) is 6.10. The normalized spacial score (nSPS) is 28.0. The zero-order valence-electron chi connectivity index (χ0n) is 18.8. The molecule has 4 heterocycles.